The number of hydrogen-bond donors (Lipinski definition) is 1. The highest BCUT2D eigenvalue weighted by molar-refractivity contribution is 7.09. The van der Waals surface area contributed by atoms with Gasteiger partial charge in [0.1, 0.15) is 0 Å². The molecule has 0 saturated heterocycles. The fourth-order valence-corrected chi connectivity index (χ4v) is 1.71. The summed E-state index contributed by atoms with van der Waals surface area (Å²) < 4.78 is 0. The Morgan fingerprint density at radius 3 is 3.00 bits per heavy atom. The molecule has 0 radical (unpaired) electrons. The molecule has 0 aliphatic rings. The zero-order valence-corrected chi connectivity index (χ0v) is 9.25. The Balaban J connectivity index is 2.35. The van der Waals surface area contributed by atoms with E-state index in [0.29, 0.717) is 6.54 Å². The second-order valence-electron chi connectivity index (χ2n) is 3.22. The predicted molar refractivity (Wildman–Crippen MR) is 57.1 cm³/mol. The lowest BCUT2D eigenvalue weighted by Gasteiger charge is -2.18. The van der Waals surface area contributed by atoms with Gasteiger partial charge in [0.2, 0.25) is 5.91 Å². The Bertz CT molecular complexity index is 284. The van der Waals surface area contributed by atoms with Crippen molar-refractivity contribution < 1.29 is 4.79 Å². The Morgan fingerprint density at radius 1 is 1.79 bits per heavy atom. The molecule has 0 aromatic carbocycles. The van der Waals surface area contributed by atoms with Crippen molar-refractivity contribution in [2.45, 2.75) is 19.4 Å². The molecular weight excluding hydrogens is 198 g/mol. The van der Waals surface area contributed by atoms with Crippen LogP contribution in [0.2, 0.25) is 0 Å². The Hall–Kier alpha value is -0.940. The molecule has 14 heavy (non-hydrogen) atoms. The number of carbonyl (C=O) groups is 1. The maximum atomic E-state index is 11.4. The van der Waals surface area contributed by atoms with E-state index in [1.807, 2.05) is 5.38 Å². The highest BCUT2D eigenvalue weighted by Gasteiger charge is 2.12. The fraction of sp³-hybridized carbons (Fsp3) is 0.556. The van der Waals surface area contributed by atoms with Crippen LogP contribution in [0, 0.1) is 0 Å². The number of likely N-dealkylation sites (N-methyl/N-ethyl adjacent to an activating group) is 1. The highest BCUT2D eigenvalue weighted by Crippen LogP contribution is 2.05. The summed E-state index contributed by atoms with van der Waals surface area (Å²) in [7, 11) is 1.76. The van der Waals surface area contributed by atoms with Crippen molar-refractivity contribution in [3.05, 3.63) is 16.6 Å². The lowest BCUT2D eigenvalue weighted by molar-refractivity contribution is -0.130. The van der Waals surface area contributed by atoms with Gasteiger partial charge in [-0.2, -0.15) is 0 Å². The van der Waals surface area contributed by atoms with Gasteiger partial charge in [0.15, 0.2) is 0 Å². The minimum absolute atomic E-state index is 0.0263. The summed E-state index contributed by atoms with van der Waals surface area (Å²) in [6.45, 7) is 2.37. The van der Waals surface area contributed by atoms with Crippen LogP contribution in [0.1, 0.15) is 11.9 Å². The minimum Gasteiger partial charge on any atom is -0.344 e. The fourth-order valence-electron chi connectivity index (χ4n) is 1.10. The zero-order chi connectivity index (χ0) is 10.6. The SMILES string of the molecule is CC(N)C(=O)N(C)CCc1nccs1. The number of aromatic nitrogens is 1. The topological polar surface area (TPSA) is 59.2 Å². The standard InChI is InChI=1S/C9H15N3OS/c1-7(10)9(13)12(2)5-3-8-11-4-6-14-8/h4,6-7H,3,5,10H2,1-2H3. The Morgan fingerprint density at radius 2 is 2.50 bits per heavy atom. The molecule has 1 aromatic rings. The maximum Gasteiger partial charge on any atom is 0.238 e. The van der Waals surface area contributed by atoms with Gasteiger partial charge >= 0.3 is 0 Å². The number of nitrogens with two attached hydrogens (primary N) is 1. The van der Waals surface area contributed by atoms with E-state index in [2.05, 4.69) is 4.98 Å². The molecule has 1 amide bonds. The average Bonchev–Trinajstić information content (AvgIpc) is 2.65. The second kappa shape index (κ2) is 5.07. The third-order valence-electron chi connectivity index (χ3n) is 1.91. The lowest BCUT2D eigenvalue weighted by atomic mass is 10.3. The molecule has 5 heteroatoms. The molecule has 1 rings (SSSR count). The van der Waals surface area contributed by atoms with Crippen LogP contribution in [0.5, 0.6) is 0 Å². The van der Waals surface area contributed by atoms with E-state index in [9.17, 15) is 4.79 Å². The van der Waals surface area contributed by atoms with Gasteiger partial charge in [0.05, 0.1) is 11.0 Å². The number of nitrogens with zero attached hydrogens (tertiary/aromatic N) is 2. The quantitative estimate of drug-likeness (QED) is 0.792. The van der Waals surface area contributed by atoms with Gasteiger partial charge in [0.25, 0.3) is 0 Å². The summed E-state index contributed by atoms with van der Waals surface area (Å²) in [4.78, 5) is 17.2. The van der Waals surface area contributed by atoms with Crippen molar-refractivity contribution in [2.75, 3.05) is 13.6 Å². The Labute approximate surface area is 87.7 Å². The molecule has 1 atom stereocenters. The van der Waals surface area contributed by atoms with Crippen LogP contribution in [0.3, 0.4) is 0 Å². The number of carbonyl (C=O) groups excluding carboxylic acids is 1. The van der Waals surface area contributed by atoms with Crippen molar-refractivity contribution in [2.24, 2.45) is 5.73 Å². The lowest BCUT2D eigenvalue weighted by Crippen LogP contribution is -2.40. The third-order valence-corrected chi connectivity index (χ3v) is 2.75. The average molecular weight is 213 g/mol. The van der Waals surface area contributed by atoms with E-state index in [1.165, 1.54) is 0 Å². The summed E-state index contributed by atoms with van der Waals surface area (Å²) in [6, 6.07) is -0.420. The normalized spacial score (nSPS) is 12.5. The second-order valence-corrected chi connectivity index (χ2v) is 4.20. The van der Waals surface area contributed by atoms with Crippen LogP contribution >= 0.6 is 11.3 Å². The molecular formula is C9H15N3OS. The number of rotatable bonds is 4. The first-order valence-corrected chi connectivity index (χ1v) is 5.38. The largest absolute Gasteiger partial charge is 0.344 e. The molecule has 78 valence electrons. The molecule has 0 spiro atoms. The van der Waals surface area contributed by atoms with Crippen molar-refractivity contribution in [3.8, 4) is 0 Å². The van der Waals surface area contributed by atoms with Crippen LogP contribution in [-0.2, 0) is 11.2 Å². The van der Waals surface area contributed by atoms with Crippen LogP contribution in [0.15, 0.2) is 11.6 Å². The molecule has 0 aliphatic heterocycles. The summed E-state index contributed by atoms with van der Waals surface area (Å²) in [5, 5.41) is 2.98. The van der Waals surface area contributed by atoms with Gasteiger partial charge in [-0.3, -0.25) is 4.79 Å². The maximum absolute atomic E-state index is 11.4. The molecule has 1 unspecified atom stereocenters. The van der Waals surface area contributed by atoms with Crippen LogP contribution in [0.25, 0.3) is 0 Å². The zero-order valence-electron chi connectivity index (χ0n) is 8.43. The summed E-state index contributed by atoms with van der Waals surface area (Å²) in [6.07, 6.45) is 2.57. The van der Waals surface area contributed by atoms with Crippen molar-refractivity contribution >= 4 is 17.2 Å². The monoisotopic (exact) mass is 213 g/mol. The predicted octanol–water partition coefficient (Wildman–Crippen LogP) is 0.491. The van der Waals surface area contributed by atoms with E-state index >= 15 is 0 Å². The van der Waals surface area contributed by atoms with Crippen molar-refractivity contribution in [1.29, 1.82) is 0 Å². The summed E-state index contributed by atoms with van der Waals surface area (Å²) >= 11 is 1.60. The van der Waals surface area contributed by atoms with E-state index in [-0.39, 0.29) is 5.91 Å². The van der Waals surface area contributed by atoms with Crippen LogP contribution in [-0.4, -0.2) is 35.4 Å². The van der Waals surface area contributed by atoms with E-state index in [4.69, 9.17) is 5.73 Å². The number of thiazole rings is 1. The molecule has 1 heterocycles. The first kappa shape index (κ1) is 11.1. The van der Waals surface area contributed by atoms with Gasteiger partial charge < -0.3 is 10.6 Å². The minimum atomic E-state index is -0.420. The molecule has 0 fully saturated rings. The summed E-state index contributed by atoms with van der Waals surface area (Å²) in [5.74, 6) is -0.0263. The van der Waals surface area contributed by atoms with Gasteiger partial charge in [-0.05, 0) is 6.92 Å². The van der Waals surface area contributed by atoms with Gasteiger partial charge in [0, 0.05) is 31.6 Å². The first-order valence-electron chi connectivity index (χ1n) is 4.50. The smallest absolute Gasteiger partial charge is 0.238 e. The molecule has 0 saturated carbocycles. The molecule has 2 N–H and O–H groups in total. The van der Waals surface area contributed by atoms with Crippen molar-refractivity contribution in [1.82, 2.24) is 9.88 Å². The van der Waals surface area contributed by atoms with Gasteiger partial charge in [-0.15, -0.1) is 11.3 Å². The van der Waals surface area contributed by atoms with Crippen LogP contribution in [0.4, 0.5) is 0 Å². The van der Waals surface area contributed by atoms with E-state index < -0.39 is 6.04 Å². The van der Waals surface area contributed by atoms with E-state index in [0.717, 1.165) is 11.4 Å². The highest BCUT2D eigenvalue weighted by atomic mass is 32.1. The molecule has 4 nitrogen and oxygen atoms in total. The van der Waals surface area contributed by atoms with E-state index in [1.54, 1.807) is 36.4 Å². The first-order chi connectivity index (χ1) is 6.61. The summed E-state index contributed by atoms with van der Waals surface area (Å²) in [5.41, 5.74) is 5.48. The van der Waals surface area contributed by atoms with Crippen molar-refractivity contribution in [3.63, 3.8) is 0 Å². The molecule has 0 bridgehead atoms. The Kier molecular flexibility index (Phi) is 4.03. The van der Waals surface area contributed by atoms with Gasteiger partial charge in [-0.25, -0.2) is 4.98 Å². The van der Waals surface area contributed by atoms with Crippen LogP contribution < -0.4 is 5.73 Å². The number of amides is 1. The molecule has 1 aromatic heterocycles. The van der Waals surface area contributed by atoms with Gasteiger partial charge in [-0.1, -0.05) is 0 Å². The number of hydrogen-bond acceptors (Lipinski definition) is 4. The third kappa shape index (κ3) is 3.08. The molecule has 0 aliphatic carbocycles.